The summed E-state index contributed by atoms with van der Waals surface area (Å²) >= 11 is 0. The van der Waals surface area contributed by atoms with Crippen LogP contribution in [-0.2, 0) is 16.4 Å². The minimum atomic E-state index is -4.01. The lowest BCUT2D eigenvalue weighted by Gasteiger charge is -2.22. The molecule has 8 heteroatoms. The summed E-state index contributed by atoms with van der Waals surface area (Å²) in [4.78, 5) is 14.4. The molecule has 0 radical (unpaired) electrons. The van der Waals surface area contributed by atoms with Crippen LogP contribution in [0.2, 0.25) is 0 Å². The molecule has 0 amide bonds. The number of para-hydroxylation sites is 1. The van der Waals surface area contributed by atoms with Gasteiger partial charge in [-0.05, 0) is 67.8 Å². The average molecular weight is 458 g/mol. The van der Waals surface area contributed by atoms with Crippen LogP contribution in [0.1, 0.15) is 48.7 Å². The number of aryl methyl sites for hydroxylation is 1. The minimum absolute atomic E-state index is 0.00787. The summed E-state index contributed by atoms with van der Waals surface area (Å²) in [6.07, 6.45) is 3.57. The molecule has 3 N–H and O–H groups in total. The number of likely N-dealkylation sites (N-methyl/N-ethyl adjacent to an activating group) is 1. The van der Waals surface area contributed by atoms with Gasteiger partial charge in [0, 0.05) is 13.1 Å². The molecule has 2 aromatic carbocycles. The van der Waals surface area contributed by atoms with Crippen LogP contribution in [0.4, 0.5) is 11.4 Å². The third-order valence-electron chi connectivity index (χ3n) is 5.82. The van der Waals surface area contributed by atoms with E-state index in [0.717, 1.165) is 43.6 Å². The number of benzene rings is 2. The molecule has 32 heavy (non-hydrogen) atoms. The number of fused-ring (bicyclic) bond motifs is 1. The lowest BCUT2D eigenvalue weighted by molar-refractivity contribution is 0.0697. The van der Waals surface area contributed by atoms with Crippen molar-refractivity contribution < 1.29 is 18.3 Å². The molecule has 172 valence electrons. The lowest BCUT2D eigenvalue weighted by Crippen LogP contribution is -2.29. The van der Waals surface area contributed by atoms with Crippen molar-refractivity contribution in [3.05, 3.63) is 59.2 Å². The number of anilines is 2. The van der Waals surface area contributed by atoms with Gasteiger partial charge in [0.2, 0.25) is 0 Å². The summed E-state index contributed by atoms with van der Waals surface area (Å²) in [7, 11) is -4.01. The van der Waals surface area contributed by atoms with Crippen LogP contribution < -0.4 is 10.0 Å². The predicted octanol–water partition coefficient (Wildman–Crippen LogP) is 4.29. The number of nitrogens with zero attached hydrogens (tertiary/aromatic N) is 1. The van der Waals surface area contributed by atoms with Crippen molar-refractivity contribution in [1.29, 1.82) is 0 Å². The van der Waals surface area contributed by atoms with Crippen molar-refractivity contribution in [2.45, 2.75) is 38.5 Å². The fourth-order valence-electron chi connectivity index (χ4n) is 4.09. The number of hydrogen-bond donors (Lipinski definition) is 3. The monoisotopic (exact) mass is 457 g/mol. The Morgan fingerprint density at radius 2 is 1.81 bits per heavy atom. The highest BCUT2D eigenvalue weighted by Crippen LogP contribution is 2.35. The third kappa shape index (κ3) is 5.14. The summed E-state index contributed by atoms with van der Waals surface area (Å²) in [6, 6.07) is 10.0. The zero-order valence-electron chi connectivity index (χ0n) is 18.8. The van der Waals surface area contributed by atoms with Crippen LogP contribution in [0.25, 0.3) is 5.57 Å². The van der Waals surface area contributed by atoms with E-state index in [1.807, 2.05) is 19.1 Å². The molecule has 0 fully saturated rings. The second-order valence-electron chi connectivity index (χ2n) is 7.81. The fourth-order valence-corrected chi connectivity index (χ4v) is 5.35. The Balaban J connectivity index is 1.92. The number of carbonyl (C=O) groups is 1. The van der Waals surface area contributed by atoms with E-state index in [1.54, 1.807) is 24.3 Å². The van der Waals surface area contributed by atoms with E-state index >= 15 is 0 Å². The smallest absolute Gasteiger partial charge is 0.338 e. The molecular weight excluding hydrogens is 426 g/mol. The molecule has 0 aliphatic heterocycles. The van der Waals surface area contributed by atoms with E-state index in [1.165, 1.54) is 6.07 Å². The number of hydrogen-bond acceptors (Lipinski definition) is 5. The van der Waals surface area contributed by atoms with Gasteiger partial charge >= 0.3 is 5.97 Å². The Morgan fingerprint density at radius 1 is 1.09 bits per heavy atom. The molecule has 0 heterocycles. The third-order valence-corrected chi connectivity index (χ3v) is 7.25. The van der Waals surface area contributed by atoms with E-state index < -0.39 is 16.0 Å². The number of sulfonamides is 1. The van der Waals surface area contributed by atoms with Gasteiger partial charge in [-0.3, -0.25) is 4.72 Å². The topological polar surface area (TPSA) is 98.7 Å². The second-order valence-corrected chi connectivity index (χ2v) is 9.46. The van der Waals surface area contributed by atoms with Gasteiger partial charge in [-0.1, -0.05) is 38.1 Å². The molecule has 0 aromatic heterocycles. The molecule has 3 rings (SSSR count). The van der Waals surface area contributed by atoms with Gasteiger partial charge in [-0.15, -0.1) is 0 Å². The van der Waals surface area contributed by atoms with Gasteiger partial charge in [-0.2, -0.15) is 0 Å². The minimum Gasteiger partial charge on any atom is -0.478 e. The largest absolute Gasteiger partial charge is 0.478 e. The first-order chi connectivity index (χ1) is 15.3. The average Bonchev–Trinajstić information content (AvgIpc) is 2.77. The normalized spacial score (nSPS) is 13.4. The second kappa shape index (κ2) is 10.2. The number of aromatic carboxylic acids is 1. The molecule has 1 aliphatic rings. The quantitative estimate of drug-likeness (QED) is 0.492. The first-order valence-electron chi connectivity index (χ1n) is 10.9. The lowest BCUT2D eigenvalue weighted by atomic mass is 9.87. The van der Waals surface area contributed by atoms with E-state index in [4.69, 9.17) is 0 Å². The van der Waals surface area contributed by atoms with Crippen LogP contribution in [0.3, 0.4) is 0 Å². The first-order valence-corrected chi connectivity index (χ1v) is 12.4. The Bertz CT molecular complexity index is 1120. The van der Waals surface area contributed by atoms with Crippen molar-refractivity contribution in [1.82, 2.24) is 4.90 Å². The molecule has 0 saturated heterocycles. The van der Waals surface area contributed by atoms with Crippen molar-refractivity contribution in [2.24, 2.45) is 0 Å². The zero-order valence-corrected chi connectivity index (χ0v) is 19.6. The molecule has 0 unspecified atom stereocenters. The number of carboxylic acids is 1. The van der Waals surface area contributed by atoms with Crippen molar-refractivity contribution in [3.8, 4) is 0 Å². The first kappa shape index (κ1) is 23.8. The van der Waals surface area contributed by atoms with Crippen LogP contribution in [0.15, 0.2) is 47.4 Å². The SMILES string of the molecule is CCN(CC)CCNc1ccccc1S(=O)(=O)Nc1ccc2c(c1C(=O)O)C(C)=CCC2. The Morgan fingerprint density at radius 3 is 2.50 bits per heavy atom. The standard InChI is InChI=1S/C24H31N3O4S/c1-4-27(5-2)16-15-25-19-11-6-7-12-21(19)32(30,31)26-20-14-13-18-10-8-9-17(3)22(18)23(20)24(28)29/h6-7,9,11-14,25-26H,4-5,8,10,15-16H2,1-3H3,(H,28,29). The molecular formula is C24H31N3O4S. The molecule has 7 nitrogen and oxygen atoms in total. The summed E-state index contributed by atoms with van der Waals surface area (Å²) in [6.45, 7) is 9.25. The van der Waals surface area contributed by atoms with Crippen LogP contribution in [0, 0.1) is 0 Å². The molecule has 1 aliphatic carbocycles. The summed E-state index contributed by atoms with van der Waals surface area (Å²) in [5.74, 6) is -1.15. The van der Waals surface area contributed by atoms with Gasteiger partial charge in [-0.25, -0.2) is 13.2 Å². The summed E-state index contributed by atoms with van der Waals surface area (Å²) in [5, 5.41) is 13.1. The highest BCUT2D eigenvalue weighted by atomic mass is 32.2. The number of carboxylic acid groups (broad SMARTS) is 1. The van der Waals surface area contributed by atoms with Crippen LogP contribution >= 0.6 is 0 Å². The number of rotatable bonds is 10. The maximum atomic E-state index is 13.3. The predicted molar refractivity (Wildman–Crippen MR) is 129 cm³/mol. The van der Waals surface area contributed by atoms with Gasteiger partial charge in [0.15, 0.2) is 0 Å². The highest BCUT2D eigenvalue weighted by Gasteiger charge is 2.26. The molecule has 0 bridgehead atoms. The zero-order chi connectivity index (χ0) is 23.3. The molecule has 0 saturated carbocycles. The Kier molecular flexibility index (Phi) is 7.58. The molecule has 2 aromatic rings. The Labute approximate surface area is 190 Å². The van der Waals surface area contributed by atoms with E-state index in [2.05, 4.69) is 28.8 Å². The maximum absolute atomic E-state index is 13.3. The van der Waals surface area contributed by atoms with Crippen molar-refractivity contribution >= 4 is 32.9 Å². The maximum Gasteiger partial charge on any atom is 0.338 e. The van der Waals surface area contributed by atoms with Gasteiger partial charge in [0.1, 0.15) is 4.90 Å². The summed E-state index contributed by atoms with van der Waals surface area (Å²) in [5.41, 5.74) is 2.93. The molecule has 0 atom stereocenters. The van der Waals surface area contributed by atoms with Gasteiger partial charge in [0.05, 0.1) is 16.9 Å². The van der Waals surface area contributed by atoms with Crippen molar-refractivity contribution in [2.75, 3.05) is 36.2 Å². The van der Waals surface area contributed by atoms with E-state index in [-0.39, 0.29) is 16.1 Å². The Hall–Kier alpha value is -2.84. The van der Waals surface area contributed by atoms with Crippen molar-refractivity contribution in [3.63, 3.8) is 0 Å². The molecule has 0 spiro atoms. The van der Waals surface area contributed by atoms with Crippen LogP contribution in [-0.4, -0.2) is 50.6 Å². The van der Waals surface area contributed by atoms with E-state index in [0.29, 0.717) is 17.8 Å². The van der Waals surface area contributed by atoms with E-state index in [9.17, 15) is 18.3 Å². The number of nitrogens with one attached hydrogen (secondary N) is 2. The number of allylic oxidation sites excluding steroid dienone is 2. The fraction of sp³-hybridized carbons (Fsp3) is 0.375. The summed E-state index contributed by atoms with van der Waals surface area (Å²) < 4.78 is 29.1. The highest BCUT2D eigenvalue weighted by molar-refractivity contribution is 7.92. The van der Waals surface area contributed by atoms with Crippen LogP contribution in [0.5, 0.6) is 0 Å². The van der Waals surface area contributed by atoms with Gasteiger partial charge < -0.3 is 15.3 Å². The van der Waals surface area contributed by atoms with Gasteiger partial charge in [0.25, 0.3) is 10.0 Å².